The lowest BCUT2D eigenvalue weighted by molar-refractivity contribution is -0.114. The molecule has 0 bridgehead atoms. The van der Waals surface area contributed by atoms with Gasteiger partial charge in [-0.05, 0) is 24.8 Å². The van der Waals surface area contributed by atoms with Gasteiger partial charge in [-0.1, -0.05) is 25.2 Å². The molecule has 0 aromatic rings. The van der Waals surface area contributed by atoms with Crippen molar-refractivity contribution in [3.8, 4) is 0 Å². The van der Waals surface area contributed by atoms with Crippen LogP contribution in [-0.2, 0) is 4.79 Å². The highest BCUT2D eigenvalue weighted by molar-refractivity contribution is 5.89. The second-order valence-corrected chi connectivity index (χ2v) is 2.92. The quantitative estimate of drug-likeness (QED) is 0.561. The molecule has 0 aromatic carbocycles. The van der Waals surface area contributed by atoms with E-state index in [-0.39, 0.29) is 5.78 Å². The molecule has 1 heteroatoms. The maximum atomic E-state index is 11.0. The summed E-state index contributed by atoms with van der Waals surface area (Å²) in [5.74, 6) is 0.858. The van der Waals surface area contributed by atoms with Crippen LogP contribution in [0.3, 0.4) is 0 Å². The molecule has 0 spiro atoms. The lowest BCUT2D eigenvalue weighted by Crippen LogP contribution is -2.01. The van der Waals surface area contributed by atoms with Gasteiger partial charge in [0.05, 0.1) is 0 Å². The van der Waals surface area contributed by atoms with Crippen LogP contribution < -0.4 is 0 Å². The molecule has 1 aliphatic carbocycles. The number of hydrogen-bond donors (Lipinski definition) is 0. The third-order valence-corrected chi connectivity index (χ3v) is 2.06. The molecule has 1 aliphatic rings. The minimum atomic E-state index is 0.257. The van der Waals surface area contributed by atoms with Gasteiger partial charge in [-0.15, -0.1) is 0 Å². The third-order valence-electron chi connectivity index (χ3n) is 2.06. The SMILES string of the molecule is CCC1C=CC=CC(=O)CC1. The van der Waals surface area contributed by atoms with E-state index in [4.69, 9.17) is 0 Å². The first-order chi connectivity index (χ1) is 5.33. The number of ketones is 1. The second kappa shape index (κ2) is 4.12. The number of hydrogen-bond acceptors (Lipinski definition) is 1. The fourth-order valence-corrected chi connectivity index (χ4v) is 1.23. The van der Waals surface area contributed by atoms with Crippen molar-refractivity contribution in [2.24, 2.45) is 5.92 Å². The molecule has 0 saturated carbocycles. The number of rotatable bonds is 1. The molecule has 1 nitrogen and oxygen atoms in total. The van der Waals surface area contributed by atoms with Gasteiger partial charge in [-0.2, -0.15) is 0 Å². The van der Waals surface area contributed by atoms with Gasteiger partial charge >= 0.3 is 0 Å². The van der Waals surface area contributed by atoms with E-state index in [0.29, 0.717) is 12.3 Å². The fraction of sp³-hybridized carbons (Fsp3) is 0.500. The number of allylic oxidation sites excluding steroid dienone is 4. The topological polar surface area (TPSA) is 17.1 Å². The monoisotopic (exact) mass is 150 g/mol. The summed E-state index contributed by atoms with van der Waals surface area (Å²) in [6.45, 7) is 2.16. The van der Waals surface area contributed by atoms with Gasteiger partial charge in [0.1, 0.15) is 0 Å². The molecule has 0 saturated heterocycles. The first-order valence-corrected chi connectivity index (χ1v) is 4.20. The Kier molecular flexibility index (Phi) is 3.09. The first-order valence-electron chi connectivity index (χ1n) is 4.20. The first kappa shape index (κ1) is 8.25. The zero-order valence-electron chi connectivity index (χ0n) is 6.92. The third kappa shape index (κ3) is 2.71. The normalized spacial score (nSPS) is 24.8. The van der Waals surface area contributed by atoms with Crippen LogP contribution in [0.5, 0.6) is 0 Å². The summed E-state index contributed by atoms with van der Waals surface area (Å²) < 4.78 is 0. The van der Waals surface area contributed by atoms with Gasteiger partial charge in [0, 0.05) is 6.42 Å². The Balaban J connectivity index is 2.58. The number of carbonyl (C=O) groups excluding carboxylic acids is 1. The van der Waals surface area contributed by atoms with Gasteiger partial charge in [-0.3, -0.25) is 4.79 Å². The molecule has 0 aliphatic heterocycles. The molecular weight excluding hydrogens is 136 g/mol. The minimum absolute atomic E-state index is 0.257. The van der Waals surface area contributed by atoms with E-state index < -0.39 is 0 Å². The highest BCUT2D eigenvalue weighted by Crippen LogP contribution is 2.14. The van der Waals surface area contributed by atoms with Gasteiger partial charge in [0.25, 0.3) is 0 Å². The van der Waals surface area contributed by atoms with Crippen LogP contribution in [-0.4, -0.2) is 5.78 Å². The van der Waals surface area contributed by atoms with E-state index in [1.165, 1.54) is 0 Å². The molecular formula is C10H14O. The maximum Gasteiger partial charge on any atom is 0.155 e. The van der Waals surface area contributed by atoms with E-state index in [2.05, 4.69) is 13.0 Å². The lowest BCUT2D eigenvalue weighted by atomic mass is 9.96. The average Bonchev–Trinajstić information content (AvgIpc) is 1.98. The molecule has 60 valence electrons. The Morgan fingerprint density at radius 1 is 1.55 bits per heavy atom. The van der Waals surface area contributed by atoms with Crippen LogP contribution in [0.4, 0.5) is 0 Å². The van der Waals surface area contributed by atoms with Crippen LogP contribution in [0.25, 0.3) is 0 Å². The van der Waals surface area contributed by atoms with Gasteiger partial charge < -0.3 is 0 Å². The minimum Gasteiger partial charge on any atom is -0.295 e. The van der Waals surface area contributed by atoms with Crippen LogP contribution >= 0.6 is 0 Å². The molecule has 0 heterocycles. The maximum absolute atomic E-state index is 11.0. The summed E-state index contributed by atoms with van der Waals surface area (Å²) >= 11 is 0. The van der Waals surface area contributed by atoms with E-state index in [1.807, 2.05) is 12.2 Å². The van der Waals surface area contributed by atoms with Crippen molar-refractivity contribution in [3.05, 3.63) is 24.3 Å². The van der Waals surface area contributed by atoms with Gasteiger partial charge in [0.2, 0.25) is 0 Å². The van der Waals surface area contributed by atoms with Crippen LogP contribution in [0.1, 0.15) is 26.2 Å². The van der Waals surface area contributed by atoms with Crippen LogP contribution in [0.2, 0.25) is 0 Å². The Hall–Kier alpha value is -0.850. The predicted molar refractivity (Wildman–Crippen MR) is 46.3 cm³/mol. The van der Waals surface area contributed by atoms with Crippen LogP contribution in [0.15, 0.2) is 24.3 Å². The second-order valence-electron chi connectivity index (χ2n) is 2.92. The number of carbonyl (C=O) groups is 1. The van der Waals surface area contributed by atoms with Crippen molar-refractivity contribution in [2.45, 2.75) is 26.2 Å². The Labute approximate surface area is 67.8 Å². The standard InChI is InChI=1S/C10H14O/c1-2-9-5-3-4-6-10(11)8-7-9/h3-6,9H,2,7-8H2,1H3. The largest absolute Gasteiger partial charge is 0.295 e. The van der Waals surface area contributed by atoms with Crippen molar-refractivity contribution in [2.75, 3.05) is 0 Å². The lowest BCUT2D eigenvalue weighted by Gasteiger charge is -2.08. The Morgan fingerprint density at radius 2 is 2.36 bits per heavy atom. The highest BCUT2D eigenvalue weighted by atomic mass is 16.1. The zero-order valence-corrected chi connectivity index (χ0v) is 6.92. The molecule has 1 rings (SSSR count). The summed E-state index contributed by atoms with van der Waals surface area (Å²) in [6.07, 6.45) is 10.5. The molecule has 1 atom stereocenters. The summed E-state index contributed by atoms with van der Waals surface area (Å²) in [7, 11) is 0. The van der Waals surface area contributed by atoms with E-state index in [9.17, 15) is 4.79 Å². The Bertz CT molecular complexity index is 189. The average molecular weight is 150 g/mol. The van der Waals surface area contributed by atoms with Gasteiger partial charge in [0.15, 0.2) is 5.78 Å². The predicted octanol–water partition coefficient (Wildman–Crippen LogP) is 2.49. The highest BCUT2D eigenvalue weighted by Gasteiger charge is 2.05. The van der Waals surface area contributed by atoms with Gasteiger partial charge in [-0.25, -0.2) is 0 Å². The summed E-state index contributed by atoms with van der Waals surface area (Å²) in [6, 6.07) is 0. The summed E-state index contributed by atoms with van der Waals surface area (Å²) in [4.78, 5) is 11.0. The smallest absolute Gasteiger partial charge is 0.155 e. The van der Waals surface area contributed by atoms with Crippen molar-refractivity contribution >= 4 is 5.78 Å². The Morgan fingerprint density at radius 3 is 3.09 bits per heavy atom. The van der Waals surface area contributed by atoms with E-state index >= 15 is 0 Å². The molecule has 0 radical (unpaired) electrons. The molecule has 11 heavy (non-hydrogen) atoms. The fourth-order valence-electron chi connectivity index (χ4n) is 1.23. The van der Waals surface area contributed by atoms with Crippen molar-refractivity contribution in [3.63, 3.8) is 0 Å². The zero-order chi connectivity index (χ0) is 8.10. The van der Waals surface area contributed by atoms with Crippen LogP contribution in [0, 0.1) is 5.92 Å². The van der Waals surface area contributed by atoms with Crippen molar-refractivity contribution in [1.29, 1.82) is 0 Å². The summed E-state index contributed by atoms with van der Waals surface area (Å²) in [5.41, 5.74) is 0. The molecule has 0 fully saturated rings. The van der Waals surface area contributed by atoms with E-state index in [0.717, 1.165) is 12.8 Å². The van der Waals surface area contributed by atoms with E-state index in [1.54, 1.807) is 6.08 Å². The van der Waals surface area contributed by atoms with Crippen molar-refractivity contribution < 1.29 is 4.79 Å². The summed E-state index contributed by atoms with van der Waals surface area (Å²) in [5, 5.41) is 0. The molecule has 0 aromatic heterocycles. The molecule has 1 unspecified atom stereocenters. The molecule has 0 N–H and O–H groups in total. The molecule has 0 amide bonds. The van der Waals surface area contributed by atoms with Crippen molar-refractivity contribution in [1.82, 2.24) is 0 Å².